The number of nitrogens with zero attached hydrogens (tertiary/aromatic N) is 2. The largest absolute Gasteiger partial charge is 0.478 e. The Morgan fingerprint density at radius 3 is 1.35 bits per heavy atom. The van der Waals surface area contributed by atoms with Gasteiger partial charge in [-0.2, -0.15) is 0 Å². The predicted molar refractivity (Wildman–Crippen MR) is 223 cm³/mol. The van der Waals surface area contributed by atoms with Gasteiger partial charge >= 0.3 is 11.9 Å². The van der Waals surface area contributed by atoms with Crippen LogP contribution in [-0.2, 0) is 33.5 Å². The first kappa shape index (κ1) is 39.1. The van der Waals surface area contributed by atoms with Gasteiger partial charge in [-0.3, -0.25) is 9.59 Å². The van der Waals surface area contributed by atoms with Gasteiger partial charge in [-0.1, -0.05) is 96.0 Å². The van der Waals surface area contributed by atoms with Crippen molar-refractivity contribution in [1.82, 2.24) is 0 Å². The van der Waals surface area contributed by atoms with Crippen LogP contribution < -0.4 is 9.80 Å². The van der Waals surface area contributed by atoms with E-state index in [0.717, 1.165) is 44.8 Å². The van der Waals surface area contributed by atoms with Gasteiger partial charge in [0.1, 0.15) is 11.6 Å². The highest BCUT2D eigenvalue weighted by molar-refractivity contribution is 6.31. The Morgan fingerprint density at radius 2 is 0.967 bits per heavy atom. The maximum Gasteiger partial charge on any atom is 0.335 e. The lowest BCUT2D eigenvalue weighted by Gasteiger charge is -2.19. The second kappa shape index (κ2) is 14.7. The molecule has 4 atom stereocenters. The van der Waals surface area contributed by atoms with Crippen molar-refractivity contribution in [2.24, 2.45) is 0 Å². The van der Waals surface area contributed by atoms with E-state index in [2.05, 4.69) is 0 Å². The molecule has 2 heterocycles. The van der Waals surface area contributed by atoms with E-state index in [9.17, 15) is 38.2 Å². The van der Waals surface area contributed by atoms with Gasteiger partial charge in [-0.05, 0) is 107 Å². The van der Waals surface area contributed by atoms with E-state index in [1.807, 2.05) is 60.7 Å². The molecule has 10 rings (SSSR count). The summed E-state index contributed by atoms with van der Waals surface area (Å²) in [5.41, 5.74) is 5.78. The Hall–Kier alpha value is -6.36. The number of hydrogen-bond acceptors (Lipinski definition) is 4. The lowest BCUT2D eigenvalue weighted by Crippen LogP contribution is -2.32. The van der Waals surface area contributed by atoms with Gasteiger partial charge in [0.25, 0.3) is 0 Å². The van der Waals surface area contributed by atoms with E-state index < -0.39 is 34.4 Å². The highest BCUT2D eigenvalue weighted by Gasteiger charge is 2.68. The second-order valence-corrected chi connectivity index (χ2v) is 16.4. The molecule has 2 saturated carbocycles. The molecule has 2 fully saturated rings. The van der Waals surface area contributed by atoms with Crippen LogP contribution >= 0.6 is 23.2 Å². The molecule has 8 nitrogen and oxygen atoms in total. The number of anilines is 2. The number of benzene rings is 6. The zero-order valence-corrected chi connectivity index (χ0v) is 33.1. The summed E-state index contributed by atoms with van der Waals surface area (Å²) in [6, 6.07) is 37.9. The first-order chi connectivity index (χ1) is 28.8. The monoisotopic (exact) mass is 842 g/mol. The summed E-state index contributed by atoms with van der Waals surface area (Å²) < 4.78 is 27.2. The van der Waals surface area contributed by atoms with E-state index in [-0.39, 0.29) is 57.9 Å². The number of carboxylic acid groups (broad SMARTS) is 2. The molecule has 2 aliphatic heterocycles. The fraction of sp³-hybridized carbons (Fsp3) is 0.167. The SMILES string of the molecule is O=C(O)c1cccc(CN2C(=O)[C@@]3(C[C@H]3c3ccc(F)c(Cl)c3)c3ccccc32)c1.O=C(O)c1cccc(CN2C(=O)[C@]3(C[C@@H]3c3ccc(F)c(Cl)c3)c3ccccc32)c1. The number of fused-ring (bicyclic) bond motifs is 4. The number of halogens is 4. The number of para-hydroxylation sites is 2. The van der Waals surface area contributed by atoms with E-state index in [4.69, 9.17) is 23.2 Å². The van der Waals surface area contributed by atoms with Crippen LogP contribution in [0.1, 0.15) is 78.8 Å². The summed E-state index contributed by atoms with van der Waals surface area (Å²) in [6.07, 6.45) is 1.27. The Bertz CT molecular complexity index is 2610. The first-order valence-corrected chi connectivity index (χ1v) is 20.0. The van der Waals surface area contributed by atoms with Gasteiger partial charge in [0.15, 0.2) is 0 Å². The quantitative estimate of drug-likeness (QED) is 0.158. The van der Waals surface area contributed by atoms with Crippen LogP contribution in [0.25, 0.3) is 0 Å². The summed E-state index contributed by atoms with van der Waals surface area (Å²) in [5.74, 6) is -3.14. The number of aromatic carboxylic acids is 2. The molecule has 0 radical (unpaired) electrons. The molecular weight excluding hydrogens is 809 g/mol. The van der Waals surface area contributed by atoms with E-state index >= 15 is 0 Å². The Balaban J connectivity index is 0.000000154. The Labute approximate surface area is 353 Å². The smallest absolute Gasteiger partial charge is 0.335 e. The average molecular weight is 844 g/mol. The fourth-order valence-electron chi connectivity index (χ4n) is 9.25. The van der Waals surface area contributed by atoms with Crippen LogP contribution in [-0.4, -0.2) is 34.0 Å². The normalized spacial score (nSPS) is 21.7. The van der Waals surface area contributed by atoms with Gasteiger partial charge in [0.2, 0.25) is 11.8 Å². The lowest BCUT2D eigenvalue weighted by atomic mass is 9.92. The molecule has 12 heteroatoms. The Kier molecular flexibility index (Phi) is 9.60. The summed E-state index contributed by atoms with van der Waals surface area (Å²) in [7, 11) is 0. The average Bonchev–Trinajstić information content (AvgIpc) is 4.16. The van der Waals surface area contributed by atoms with E-state index in [1.165, 1.54) is 24.3 Å². The maximum atomic E-state index is 13.6. The maximum absolute atomic E-state index is 13.6. The highest BCUT2D eigenvalue weighted by atomic mass is 35.5. The van der Waals surface area contributed by atoms with Crippen LogP contribution in [0.15, 0.2) is 133 Å². The highest BCUT2D eigenvalue weighted by Crippen LogP contribution is 2.67. The number of carbonyl (C=O) groups is 4. The number of amides is 2. The number of rotatable bonds is 8. The summed E-state index contributed by atoms with van der Waals surface area (Å²) in [5, 5.41) is 18.6. The predicted octanol–water partition coefficient (Wildman–Crippen LogP) is 10.3. The molecule has 2 amide bonds. The van der Waals surface area contributed by atoms with E-state index in [1.54, 1.807) is 58.3 Å². The van der Waals surface area contributed by atoms with Crippen molar-refractivity contribution in [2.45, 2.75) is 48.6 Å². The molecule has 2 N–H and O–H groups in total. The number of carbonyl (C=O) groups excluding carboxylic acids is 2. The van der Waals surface area contributed by atoms with Crippen molar-refractivity contribution < 1.29 is 38.2 Å². The minimum Gasteiger partial charge on any atom is -0.478 e. The van der Waals surface area contributed by atoms with Crippen LogP contribution in [0.3, 0.4) is 0 Å². The number of carboxylic acids is 2. The standard InChI is InChI=1S/2C24H17ClFNO3/c2*25-19-11-15(8-9-20(19)26)18-12-24(18)17-6-1-2-7-21(17)27(23(24)30)13-14-4-3-5-16(10-14)22(28)29/h2*1-11,18H,12-13H2,(H,28,29)/t2*18-,24-/m10/s1. The molecule has 4 aliphatic rings. The molecular formula is C48H34Cl2F2N2O6. The topological polar surface area (TPSA) is 115 Å². The molecule has 6 aromatic rings. The molecule has 60 heavy (non-hydrogen) atoms. The zero-order chi connectivity index (χ0) is 42.1. The van der Waals surface area contributed by atoms with Crippen molar-refractivity contribution >= 4 is 58.3 Å². The van der Waals surface area contributed by atoms with Gasteiger partial charge in [0.05, 0.1) is 45.1 Å². The van der Waals surface area contributed by atoms with Crippen LogP contribution in [0.4, 0.5) is 20.2 Å². The summed E-state index contributed by atoms with van der Waals surface area (Å²) in [6.45, 7) is 0.575. The minimum absolute atomic E-state index is 0.0186. The van der Waals surface area contributed by atoms with Crippen molar-refractivity contribution in [3.63, 3.8) is 0 Å². The molecule has 6 aromatic carbocycles. The molecule has 0 aromatic heterocycles. The first-order valence-electron chi connectivity index (χ1n) is 19.2. The molecule has 2 spiro atoms. The van der Waals surface area contributed by atoms with E-state index in [0.29, 0.717) is 12.8 Å². The lowest BCUT2D eigenvalue weighted by molar-refractivity contribution is -0.121. The third kappa shape index (κ3) is 6.42. The van der Waals surface area contributed by atoms with Gasteiger partial charge in [0, 0.05) is 23.2 Å². The van der Waals surface area contributed by atoms with Gasteiger partial charge < -0.3 is 20.0 Å². The Morgan fingerprint density at radius 1 is 0.567 bits per heavy atom. The third-order valence-electron chi connectivity index (χ3n) is 12.2. The fourth-order valence-corrected chi connectivity index (χ4v) is 9.62. The number of hydrogen-bond donors (Lipinski definition) is 2. The van der Waals surface area contributed by atoms with Crippen molar-refractivity contribution in [1.29, 1.82) is 0 Å². The van der Waals surface area contributed by atoms with Gasteiger partial charge in [-0.15, -0.1) is 0 Å². The van der Waals surface area contributed by atoms with Gasteiger partial charge in [-0.25, -0.2) is 18.4 Å². The zero-order valence-electron chi connectivity index (χ0n) is 31.6. The third-order valence-corrected chi connectivity index (χ3v) is 12.8. The van der Waals surface area contributed by atoms with Crippen molar-refractivity contribution in [2.75, 3.05) is 9.80 Å². The molecule has 0 unspecified atom stereocenters. The van der Waals surface area contributed by atoms with Crippen molar-refractivity contribution in [3.05, 3.63) is 200 Å². The molecule has 2 aliphatic carbocycles. The molecule has 0 bridgehead atoms. The van der Waals surface area contributed by atoms with Crippen LogP contribution in [0.2, 0.25) is 10.0 Å². The second-order valence-electron chi connectivity index (χ2n) is 15.6. The summed E-state index contributed by atoms with van der Waals surface area (Å²) in [4.78, 5) is 53.3. The summed E-state index contributed by atoms with van der Waals surface area (Å²) >= 11 is 12.0. The van der Waals surface area contributed by atoms with Crippen LogP contribution in [0.5, 0.6) is 0 Å². The van der Waals surface area contributed by atoms with Crippen LogP contribution in [0, 0.1) is 11.6 Å². The minimum atomic E-state index is -1.00. The molecule has 300 valence electrons. The van der Waals surface area contributed by atoms with Crippen molar-refractivity contribution in [3.8, 4) is 0 Å². The molecule has 0 saturated heterocycles.